The lowest BCUT2D eigenvalue weighted by atomic mass is 9.95. The molecule has 4 N–H and O–H groups in total. The number of carbonyl (C=O) groups excluding carboxylic acids is 5. The lowest BCUT2D eigenvalue weighted by Crippen LogP contribution is -2.54. The van der Waals surface area contributed by atoms with E-state index in [1.165, 1.54) is 11.6 Å². The molecule has 7 rings (SSSR count). The largest absolute Gasteiger partial charge is 0.366 e. The number of amides is 5. The number of aryl methyl sites for hydroxylation is 2. The van der Waals surface area contributed by atoms with Crippen molar-refractivity contribution in [1.29, 1.82) is 5.41 Å². The molecule has 3 aliphatic rings. The number of pyridine rings is 1. The van der Waals surface area contributed by atoms with Crippen molar-refractivity contribution < 1.29 is 28.4 Å². The molecule has 3 aliphatic heterocycles. The zero-order valence-electron chi connectivity index (χ0n) is 41.2. The summed E-state index contributed by atoms with van der Waals surface area (Å²) in [6.45, 7) is 20.5. The van der Waals surface area contributed by atoms with Gasteiger partial charge in [0.25, 0.3) is 11.8 Å². The van der Waals surface area contributed by atoms with Crippen LogP contribution in [-0.2, 0) is 22.4 Å². The second-order valence-electron chi connectivity index (χ2n) is 16.7. The molecule has 15 heteroatoms. The van der Waals surface area contributed by atoms with Gasteiger partial charge in [-0.1, -0.05) is 89.2 Å². The van der Waals surface area contributed by atoms with Crippen molar-refractivity contribution in [2.24, 2.45) is 11.7 Å². The number of piperazine rings is 2. The standard InChI is InChI=1S/C33H45N7O4.C16H15FN2O.2C2H6/c1-3-25-5-4-6-27(19-25)28-20-29(32(43)34-2)31(35-21-28)33(44)40-9-7-26(8-10-40)22-36-11-13-37(14-12-36)23-30(42)39-17-15-38(24-41)16-18-39;1-10-8-11(6-7-14(10)17)9-15(18)12-4-2-3-5-13(12)16(19)20;2*1-2/h4-6,19-21,24,26H,3,7-18,22-23H2,1-2H3,(H,34,43);2-8,18H,9H2,1H3,(H2,19,20);2*1-2H3. The van der Waals surface area contributed by atoms with Gasteiger partial charge in [-0.2, -0.15) is 0 Å². The number of nitrogens with two attached hydrogens (primary N) is 1. The van der Waals surface area contributed by atoms with Gasteiger partial charge in [-0.15, -0.1) is 0 Å². The van der Waals surface area contributed by atoms with Crippen LogP contribution in [0.2, 0.25) is 0 Å². The Morgan fingerprint density at radius 2 is 1.41 bits per heavy atom. The van der Waals surface area contributed by atoms with Crippen molar-refractivity contribution >= 4 is 35.8 Å². The first-order valence-electron chi connectivity index (χ1n) is 24.1. The molecule has 4 aromatic rings. The molecule has 0 bridgehead atoms. The zero-order valence-corrected chi connectivity index (χ0v) is 41.2. The molecule has 1 aromatic heterocycles. The minimum absolute atomic E-state index is 0.149. The summed E-state index contributed by atoms with van der Waals surface area (Å²) in [6.07, 6.45) is 5.61. The highest BCUT2D eigenvalue weighted by molar-refractivity contribution is 6.09. The normalized spacial score (nSPS) is 15.3. The van der Waals surface area contributed by atoms with Gasteiger partial charge >= 0.3 is 0 Å². The second-order valence-corrected chi connectivity index (χ2v) is 16.7. The molecule has 3 aromatic carbocycles. The third-order valence-electron chi connectivity index (χ3n) is 12.4. The fraction of sp³-hybridized carbons (Fsp3) is 0.453. The number of hydrogen-bond acceptors (Lipinski definition) is 9. The molecule has 5 amide bonds. The number of hydrogen-bond donors (Lipinski definition) is 3. The van der Waals surface area contributed by atoms with Gasteiger partial charge in [0.15, 0.2) is 0 Å². The van der Waals surface area contributed by atoms with Gasteiger partial charge in [-0.25, -0.2) is 9.37 Å². The Kier molecular flexibility index (Phi) is 21.9. The quantitative estimate of drug-likeness (QED) is 0.103. The summed E-state index contributed by atoms with van der Waals surface area (Å²) in [6, 6.07) is 21.4. The minimum atomic E-state index is -0.555. The fourth-order valence-corrected chi connectivity index (χ4v) is 8.48. The number of carbonyl (C=O) groups is 5. The van der Waals surface area contributed by atoms with E-state index in [4.69, 9.17) is 11.1 Å². The van der Waals surface area contributed by atoms with Gasteiger partial charge in [-0.05, 0) is 72.6 Å². The van der Waals surface area contributed by atoms with Crippen molar-refractivity contribution in [2.45, 2.75) is 67.2 Å². The predicted molar refractivity (Wildman–Crippen MR) is 267 cm³/mol. The lowest BCUT2D eigenvalue weighted by molar-refractivity contribution is -0.136. The van der Waals surface area contributed by atoms with Crippen LogP contribution in [0.1, 0.15) is 101 Å². The van der Waals surface area contributed by atoms with Gasteiger partial charge < -0.3 is 36.1 Å². The number of nitrogens with one attached hydrogen (secondary N) is 2. The second kappa shape index (κ2) is 27.5. The van der Waals surface area contributed by atoms with Crippen molar-refractivity contribution in [3.63, 3.8) is 0 Å². The van der Waals surface area contributed by atoms with Crippen LogP contribution in [-0.4, -0.2) is 151 Å². The first-order chi connectivity index (χ1) is 32.9. The average molecular weight is 934 g/mol. The van der Waals surface area contributed by atoms with Crippen LogP contribution >= 0.6 is 0 Å². The topological polar surface area (TPSA) is 176 Å². The molecule has 0 spiro atoms. The number of nitrogens with zero attached hydrogens (tertiary/aromatic N) is 6. The molecule has 3 saturated heterocycles. The molecular formula is C53H72FN9O5. The Morgan fingerprint density at radius 3 is 2.01 bits per heavy atom. The van der Waals surface area contributed by atoms with Crippen LogP contribution in [0.4, 0.5) is 4.39 Å². The molecule has 0 atom stereocenters. The molecule has 0 unspecified atom stereocenters. The number of piperidine rings is 1. The van der Waals surface area contributed by atoms with E-state index in [1.807, 2.05) is 49.6 Å². The van der Waals surface area contributed by atoms with Crippen LogP contribution in [0.15, 0.2) is 79.0 Å². The summed E-state index contributed by atoms with van der Waals surface area (Å²) >= 11 is 0. The number of primary amides is 1. The smallest absolute Gasteiger partial charge is 0.273 e. The Hall–Kier alpha value is -6.32. The summed E-state index contributed by atoms with van der Waals surface area (Å²) in [4.78, 5) is 76.1. The van der Waals surface area contributed by atoms with Gasteiger partial charge in [0, 0.05) is 114 Å². The first kappa shape index (κ1) is 54.3. The summed E-state index contributed by atoms with van der Waals surface area (Å²) < 4.78 is 13.2. The predicted octanol–water partition coefficient (Wildman–Crippen LogP) is 6.34. The summed E-state index contributed by atoms with van der Waals surface area (Å²) in [5.41, 5.74) is 11.3. The van der Waals surface area contributed by atoms with Crippen molar-refractivity contribution in [3.05, 3.63) is 124 Å². The maximum atomic E-state index is 13.6. The maximum absolute atomic E-state index is 13.6. The molecule has 4 heterocycles. The van der Waals surface area contributed by atoms with E-state index in [1.54, 1.807) is 67.5 Å². The highest BCUT2D eigenvalue weighted by Gasteiger charge is 2.30. The van der Waals surface area contributed by atoms with Crippen LogP contribution < -0.4 is 11.1 Å². The monoisotopic (exact) mass is 934 g/mol. The number of halogens is 1. The van der Waals surface area contributed by atoms with E-state index < -0.39 is 5.91 Å². The van der Waals surface area contributed by atoms with E-state index >= 15 is 0 Å². The third-order valence-corrected chi connectivity index (χ3v) is 12.4. The maximum Gasteiger partial charge on any atom is 0.273 e. The fourth-order valence-electron chi connectivity index (χ4n) is 8.48. The Labute approximate surface area is 402 Å². The molecule has 366 valence electrons. The minimum Gasteiger partial charge on any atom is -0.366 e. The number of aromatic nitrogens is 1. The zero-order chi connectivity index (χ0) is 49.8. The Balaban J connectivity index is 0.000000350. The van der Waals surface area contributed by atoms with Gasteiger partial charge in [-0.3, -0.25) is 28.9 Å². The van der Waals surface area contributed by atoms with E-state index in [2.05, 4.69) is 39.2 Å². The molecule has 0 radical (unpaired) electrons. The highest BCUT2D eigenvalue weighted by Crippen LogP contribution is 2.26. The van der Waals surface area contributed by atoms with Crippen LogP contribution in [0.25, 0.3) is 11.1 Å². The van der Waals surface area contributed by atoms with Crippen molar-refractivity contribution in [3.8, 4) is 11.1 Å². The molecule has 0 aliphatic carbocycles. The number of rotatable bonds is 13. The SMILES string of the molecule is CC.CC.CCc1cccc(-c2cnc(C(=O)N3CCC(CN4CCN(CC(=O)N5CCN(C=O)CC5)CC4)CC3)c(C(=O)NC)c2)c1.Cc1cc(CC(=N)c2ccccc2C(N)=O)ccc1F. The lowest BCUT2D eigenvalue weighted by Gasteiger charge is -2.39. The van der Waals surface area contributed by atoms with Gasteiger partial charge in [0.2, 0.25) is 18.2 Å². The van der Waals surface area contributed by atoms with E-state index in [0.29, 0.717) is 80.4 Å². The van der Waals surface area contributed by atoms with Crippen LogP contribution in [0.3, 0.4) is 0 Å². The first-order valence-corrected chi connectivity index (χ1v) is 24.1. The summed E-state index contributed by atoms with van der Waals surface area (Å²) in [7, 11) is 1.57. The summed E-state index contributed by atoms with van der Waals surface area (Å²) in [5, 5.41) is 10.8. The molecule has 3 fully saturated rings. The third kappa shape index (κ3) is 15.1. The molecular weight excluding hydrogens is 862 g/mol. The molecule has 0 saturated carbocycles. The number of likely N-dealkylation sites (tertiary alicyclic amines) is 1. The summed E-state index contributed by atoms with van der Waals surface area (Å²) in [5.74, 6) is -0.679. The van der Waals surface area contributed by atoms with Crippen molar-refractivity contribution in [1.82, 2.24) is 34.8 Å². The number of benzene rings is 3. The van der Waals surface area contributed by atoms with Crippen LogP contribution in [0, 0.1) is 24.1 Å². The van der Waals surface area contributed by atoms with Gasteiger partial charge in [0.1, 0.15) is 11.5 Å². The van der Waals surface area contributed by atoms with Gasteiger partial charge in [0.05, 0.1) is 12.1 Å². The molecule has 14 nitrogen and oxygen atoms in total. The average Bonchev–Trinajstić information content (AvgIpc) is 3.39. The van der Waals surface area contributed by atoms with E-state index in [9.17, 15) is 28.4 Å². The van der Waals surface area contributed by atoms with Crippen molar-refractivity contribution in [2.75, 3.05) is 85.6 Å². The highest BCUT2D eigenvalue weighted by atomic mass is 19.1. The Bertz CT molecular complexity index is 2320. The Morgan fingerprint density at radius 1 is 0.765 bits per heavy atom. The van der Waals surface area contributed by atoms with E-state index in [-0.39, 0.29) is 34.9 Å². The molecule has 68 heavy (non-hydrogen) atoms. The van der Waals surface area contributed by atoms with E-state index in [0.717, 1.165) is 75.1 Å². The van der Waals surface area contributed by atoms with Crippen LogP contribution in [0.5, 0.6) is 0 Å².